The number of carbonyl (C=O) groups excluding carboxylic acids is 1. The number of aryl methyl sites for hydroxylation is 1. The van der Waals surface area contributed by atoms with Crippen molar-refractivity contribution >= 4 is 11.5 Å². The molecule has 2 rings (SSSR count). The molecule has 0 aliphatic heterocycles. The van der Waals surface area contributed by atoms with E-state index in [0.29, 0.717) is 11.3 Å². The number of allylic oxidation sites excluding steroid dienone is 1. The van der Waals surface area contributed by atoms with Gasteiger partial charge in [-0.15, -0.1) is 0 Å². The maximum absolute atomic E-state index is 12.0. The summed E-state index contributed by atoms with van der Waals surface area (Å²) in [6.45, 7) is 1.87. The summed E-state index contributed by atoms with van der Waals surface area (Å²) in [6, 6.07) is 12.0. The van der Waals surface area contributed by atoms with E-state index < -0.39 is 0 Å². The largest absolute Gasteiger partial charge is 0.508 e. The Kier molecular flexibility index (Phi) is 4.61. The van der Waals surface area contributed by atoms with E-state index >= 15 is 0 Å². The maximum atomic E-state index is 12.0. The van der Waals surface area contributed by atoms with Gasteiger partial charge in [-0.2, -0.15) is 0 Å². The van der Waals surface area contributed by atoms with E-state index in [-0.39, 0.29) is 11.5 Å². The topological polar surface area (TPSA) is 58.6 Å². The van der Waals surface area contributed by atoms with Crippen LogP contribution in [0.2, 0.25) is 0 Å². The lowest BCUT2D eigenvalue weighted by Crippen LogP contribution is -1.97. The van der Waals surface area contributed by atoms with Crippen LogP contribution in [-0.2, 0) is 0 Å². The summed E-state index contributed by atoms with van der Waals surface area (Å²) in [6.07, 6.45) is 3.04. The monoisotopic (exact) mass is 283 g/mol. The summed E-state index contributed by atoms with van der Waals surface area (Å²) in [5.41, 5.74) is 2.30. The fourth-order valence-electron chi connectivity index (χ4n) is 1.89. The van der Waals surface area contributed by atoms with Crippen molar-refractivity contribution in [2.45, 2.75) is 6.92 Å². The third-order valence-corrected chi connectivity index (χ3v) is 3.04. The van der Waals surface area contributed by atoms with Crippen LogP contribution in [0.5, 0.6) is 11.5 Å². The van der Waals surface area contributed by atoms with Crippen molar-refractivity contribution in [2.24, 2.45) is 0 Å². The molecule has 0 saturated carbocycles. The Morgan fingerprint density at radius 1 is 1.24 bits per heavy atom. The van der Waals surface area contributed by atoms with Crippen LogP contribution in [0.1, 0.15) is 15.9 Å². The van der Waals surface area contributed by atoms with Gasteiger partial charge in [-0.1, -0.05) is 12.1 Å². The highest BCUT2D eigenvalue weighted by molar-refractivity contribution is 6.04. The third kappa shape index (κ3) is 3.86. The van der Waals surface area contributed by atoms with E-state index in [1.54, 1.807) is 55.8 Å². The Hall–Kier alpha value is -2.75. The second-order valence-electron chi connectivity index (χ2n) is 4.57. The number of nitrogens with one attached hydrogen (secondary N) is 1. The summed E-state index contributed by atoms with van der Waals surface area (Å²) in [5, 5.41) is 12.4. The first-order valence-corrected chi connectivity index (χ1v) is 6.51. The molecule has 0 heterocycles. The van der Waals surface area contributed by atoms with Gasteiger partial charge in [-0.05, 0) is 42.8 Å². The Labute approximate surface area is 123 Å². The van der Waals surface area contributed by atoms with Gasteiger partial charge in [-0.25, -0.2) is 0 Å². The maximum Gasteiger partial charge on any atom is 0.187 e. The second kappa shape index (κ2) is 6.61. The minimum absolute atomic E-state index is 0.113. The van der Waals surface area contributed by atoms with Crippen molar-refractivity contribution in [3.8, 4) is 11.5 Å². The normalized spacial score (nSPS) is 10.6. The lowest BCUT2D eigenvalue weighted by Gasteiger charge is -2.05. The number of hydrogen-bond acceptors (Lipinski definition) is 4. The van der Waals surface area contributed by atoms with Crippen molar-refractivity contribution in [1.29, 1.82) is 0 Å². The number of methoxy groups -OCH3 is 1. The van der Waals surface area contributed by atoms with Crippen LogP contribution >= 0.6 is 0 Å². The molecule has 0 fully saturated rings. The van der Waals surface area contributed by atoms with Crippen LogP contribution < -0.4 is 10.1 Å². The number of aromatic hydroxyl groups is 1. The number of phenols is 1. The highest BCUT2D eigenvalue weighted by Gasteiger charge is 2.03. The van der Waals surface area contributed by atoms with Crippen LogP contribution in [0.15, 0.2) is 54.7 Å². The molecule has 0 atom stereocenters. The summed E-state index contributed by atoms with van der Waals surface area (Å²) in [4.78, 5) is 12.0. The van der Waals surface area contributed by atoms with E-state index in [0.717, 1.165) is 11.3 Å². The summed E-state index contributed by atoms with van der Waals surface area (Å²) in [7, 11) is 1.56. The molecule has 0 aliphatic rings. The molecule has 0 radical (unpaired) electrons. The van der Waals surface area contributed by atoms with Gasteiger partial charge in [0, 0.05) is 23.5 Å². The molecule has 2 aromatic carbocycles. The number of carbonyl (C=O) groups is 1. The fraction of sp³-hybridized carbons (Fsp3) is 0.118. The molecule has 2 aromatic rings. The molecule has 108 valence electrons. The van der Waals surface area contributed by atoms with Crippen LogP contribution in [0.3, 0.4) is 0 Å². The Morgan fingerprint density at radius 3 is 2.76 bits per heavy atom. The average Bonchev–Trinajstić information content (AvgIpc) is 2.49. The molecule has 4 heteroatoms. The van der Waals surface area contributed by atoms with Gasteiger partial charge in [0.25, 0.3) is 0 Å². The SMILES string of the molecule is COc1cccc(C(=O)/C=C/Nc2ccc(O)cc2C)c1. The quantitative estimate of drug-likeness (QED) is 0.501. The highest BCUT2D eigenvalue weighted by atomic mass is 16.5. The first kappa shape index (κ1) is 14.7. The van der Waals surface area contributed by atoms with Crippen molar-refractivity contribution in [3.05, 3.63) is 65.9 Å². The van der Waals surface area contributed by atoms with Crippen molar-refractivity contribution < 1.29 is 14.6 Å². The summed E-state index contributed by atoms with van der Waals surface area (Å²) >= 11 is 0. The number of benzene rings is 2. The van der Waals surface area contributed by atoms with Gasteiger partial charge in [0.2, 0.25) is 0 Å². The zero-order chi connectivity index (χ0) is 15.2. The Bertz CT molecular complexity index is 677. The zero-order valence-corrected chi connectivity index (χ0v) is 12.0. The molecular formula is C17H17NO3. The van der Waals surface area contributed by atoms with E-state index in [1.165, 1.54) is 6.08 Å². The molecule has 21 heavy (non-hydrogen) atoms. The smallest absolute Gasteiger partial charge is 0.187 e. The van der Waals surface area contributed by atoms with Crippen LogP contribution in [0.25, 0.3) is 0 Å². The minimum Gasteiger partial charge on any atom is -0.508 e. The lowest BCUT2D eigenvalue weighted by atomic mass is 10.1. The molecule has 4 nitrogen and oxygen atoms in total. The number of anilines is 1. The van der Waals surface area contributed by atoms with E-state index in [1.807, 2.05) is 6.92 Å². The molecule has 2 N–H and O–H groups in total. The predicted molar refractivity (Wildman–Crippen MR) is 82.9 cm³/mol. The van der Waals surface area contributed by atoms with Gasteiger partial charge in [0.05, 0.1) is 7.11 Å². The summed E-state index contributed by atoms with van der Waals surface area (Å²) in [5.74, 6) is 0.754. The molecule has 0 saturated heterocycles. The third-order valence-electron chi connectivity index (χ3n) is 3.04. The van der Waals surface area contributed by atoms with Crippen molar-refractivity contribution in [2.75, 3.05) is 12.4 Å². The van der Waals surface area contributed by atoms with Crippen molar-refractivity contribution in [1.82, 2.24) is 0 Å². The molecule has 0 spiro atoms. The minimum atomic E-state index is -0.113. The first-order valence-electron chi connectivity index (χ1n) is 6.51. The van der Waals surface area contributed by atoms with E-state index in [2.05, 4.69) is 5.32 Å². The average molecular weight is 283 g/mol. The number of ether oxygens (including phenoxy) is 1. The van der Waals surface area contributed by atoms with Crippen molar-refractivity contribution in [3.63, 3.8) is 0 Å². The van der Waals surface area contributed by atoms with E-state index in [4.69, 9.17) is 4.74 Å². The summed E-state index contributed by atoms with van der Waals surface area (Å²) < 4.78 is 5.09. The van der Waals surface area contributed by atoms with Gasteiger partial charge in [0.15, 0.2) is 5.78 Å². The Morgan fingerprint density at radius 2 is 2.05 bits per heavy atom. The number of phenolic OH excluding ortho intramolecular Hbond substituents is 1. The molecule has 0 unspecified atom stereocenters. The molecule has 0 aromatic heterocycles. The Balaban J connectivity index is 2.05. The van der Waals surface area contributed by atoms with E-state index in [9.17, 15) is 9.90 Å². The van der Waals surface area contributed by atoms with Crippen LogP contribution in [-0.4, -0.2) is 18.0 Å². The lowest BCUT2D eigenvalue weighted by molar-refractivity contribution is 0.104. The number of rotatable bonds is 5. The number of ketones is 1. The molecular weight excluding hydrogens is 266 g/mol. The second-order valence-corrected chi connectivity index (χ2v) is 4.57. The predicted octanol–water partition coefficient (Wildman–Crippen LogP) is 3.52. The molecule has 0 aliphatic carbocycles. The standard InChI is InChI=1S/C17H17NO3/c1-12-10-14(19)6-7-16(12)18-9-8-17(20)13-4-3-5-15(11-13)21-2/h3-11,18-19H,1-2H3/b9-8+. The van der Waals surface area contributed by atoms with Crippen LogP contribution in [0, 0.1) is 6.92 Å². The zero-order valence-electron chi connectivity index (χ0n) is 12.0. The molecule has 0 amide bonds. The first-order chi connectivity index (χ1) is 10.1. The number of hydrogen-bond donors (Lipinski definition) is 2. The van der Waals surface area contributed by atoms with Gasteiger partial charge < -0.3 is 15.2 Å². The van der Waals surface area contributed by atoms with Gasteiger partial charge >= 0.3 is 0 Å². The molecule has 0 bridgehead atoms. The van der Waals surface area contributed by atoms with Gasteiger partial charge in [0.1, 0.15) is 11.5 Å². The highest BCUT2D eigenvalue weighted by Crippen LogP contribution is 2.20. The van der Waals surface area contributed by atoms with Crippen LogP contribution in [0.4, 0.5) is 5.69 Å². The van der Waals surface area contributed by atoms with Gasteiger partial charge in [-0.3, -0.25) is 4.79 Å². The fourth-order valence-corrected chi connectivity index (χ4v) is 1.89.